The van der Waals surface area contributed by atoms with Gasteiger partial charge in [-0.3, -0.25) is 4.90 Å². The van der Waals surface area contributed by atoms with Gasteiger partial charge in [0.1, 0.15) is 16.5 Å². The molecule has 9 nitrogen and oxygen atoms in total. The second-order valence-electron chi connectivity index (χ2n) is 11.0. The van der Waals surface area contributed by atoms with Crippen LogP contribution < -0.4 is 25.0 Å². The molecule has 226 valence electrons. The Morgan fingerprint density at radius 2 is 1.57 bits per heavy atom. The fraction of sp³-hybridized carbons (Fsp3) is 0.467. The number of nitrogens with one attached hydrogen (secondary N) is 2. The molecule has 1 aromatic heterocycles. The lowest BCUT2D eigenvalue weighted by molar-refractivity contribution is -0.0133. The number of fused-ring (bicyclic) bond motifs is 1. The van der Waals surface area contributed by atoms with E-state index in [1.807, 2.05) is 29.2 Å². The highest BCUT2D eigenvalue weighted by Gasteiger charge is 2.27. The van der Waals surface area contributed by atoms with Crippen molar-refractivity contribution in [2.75, 3.05) is 82.6 Å². The van der Waals surface area contributed by atoms with E-state index in [4.69, 9.17) is 21.1 Å². The molecule has 5 rings (SSSR count). The van der Waals surface area contributed by atoms with Gasteiger partial charge in [-0.1, -0.05) is 11.6 Å². The fourth-order valence-electron chi connectivity index (χ4n) is 5.43. The molecular weight excluding hydrogens is 564 g/mol. The molecule has 0 bridgehead atoms. The smallest absolute Gasteiger partial charge is 0.257 e. The Balaban J connectivity index is 1.33. The van der Waals surface area contributed by atoms with Crippen LogP contribution in [-0.4, -0.2) is 92.8 Å². The molecular formula is C30H38ClF2N7O2. The van der Waals surface area contributed by atoms with E-state index in [9.17, 15) is 8.78 Å². The number of rotatable bonds is 9. The average Bonchev–Trinajstić information content (AvgIpc) is 3.15. The van der Waals surface area contributed by atoms with Gasteiger partial charge in [-0.25, -0.2) is 13.8 Å². The molecule has 0 amide bonds. The van der Waals surface area contributed by atoms with Crippen LogP contribution in [0.4, 0.5) is 37.6 Å². The third kappa shape index (κ3) is 7.32. The van der Waals surface area contributed by atoms with Crippen LogP contribution in [0.15, 0.2) is 36.5 Å². The second-order valence-corrected chi connectivity index (χ2v) is 11.4. The van der Waals surface area contributed by atoms with E-state index in [-0.39, 0.29) is 6.54 Å². The summed E-state index contributed by atoms with van der Waals surface area (Å²) >= 11 is 6.49. The number of anilines is 5. The average molecular weight is 602 g/mol. The van der Waals surface area contributed by atoms with Crippen molar-refractivity contribution in [1.29, 1.82) is 0 Å². The summed E-state index contributed by atoms with van der Waals surface area (Å²) in [4.78, 5) is 15.5. The standard InChI is InChI=1S/C30H38ClF2N7O2/c1-30(32,33)19-39-9-7-20-15-25(26(41-3)16-21(20)8-10-39)36-29-34-18-23(31)28(37-29)35-24-6-5-22(17-27(24)42-4)40-13-11-38(2)12-14-40/h5-6,15-18H,7-14,19H2,1-4H3,(H2,34,35,36,37). The number of benzene rings is 2. The summed E-state index contributed by atoms with van der Waals surface area (Å²) in [6.07, 6.45) is 2.86. The van der Waals surface area contributed by atoms with Crippen molar-refractivity contribution in [2.45, 2.75) is 25.7 Å². The predicted molar refractivity (Wildman–Crippen MR) is 164 cm³/mol. The summed E-state index contributed by atoms with van der Waals surface area (Å²) in [7, 11) is 5.37. The minimum Gasteiger partial charge on any atom is -0.495 e. The summed E-state index contributed by atoms with van der Waals surface area (Å²) in [5.41, 5.74) is 4.69. The Morgan fingerprint density at radius 1 is 0.905 bits per heavy atom. The molecule has 2 aromatic carbocycles. The summed E-state index contributed by atoms with van der Waals surface area (Å²) in [6, 6.07) is 10.0. The van der Waals surface area contributed by atoms with Crippen LogP contribution in [0.5, 0.6) is 11.5 Å². The van der Waals surface area contributed by atoms with Gasteiger partial charge in [0.2, 0.25) is 5.95 Å². The SMILES string of the molecule is COc1cc2c(cc1Nc1ncc(Cl)c(Nc3ccc(N4CCN(C)CC4)cc3OC)n1)CCN(CC(C)(F)F)CC2. The first kappa shape index (κ1) is 30.1. The van der Waals surface area contributed by atoms with E-state index in [0.29, 0.717) is 59.9 Å². The molecule has 1 saturated heterocycles. The maximum atomic E-state index is 13.6. The number of hydrogen-bond acceptors (Lipinski definition) is 9. The van der Waals surface area contributed by atoms with Crippen LogP contribution in [0.25, 0.3) is 0 Å². The van der Waals surface area contributed by atoms with Crippen molar-refractivity contribution in [3.63, 3.8) is 0 Å². The molecule has 0 spiro atoms. The summed E-state index contributed by atoms with van der Waals surface area (Å²) < 4.78 is 38.6. The third-order valence-corrected chi connectivity index (χ3v) is 7.99. The van der Waals surface area contributed by atoms with Crippen LogP contribution in [-0.2, 0) is 12.8 Å². The number of methoxy groups -OCH3 is 2. The van der Waals surface area contributed by atoms with Crippen LogP contribution in [0.3, 0.4) is 0 Å². The van der Waals surface area contributed by atoms with E-state index < -0.39 is 5.92 Å². The van der Waals surface area contributed by atoms with Crippen molar-refractivity contribution in [2.24, 2.45) is 0 Å². The molecule has 3 heterocycles. The zero-order valence-corrected chi connectivity index (χ0v) is 25.3. The molecule has 12 heteroatoms. The Labute approximate surface area is 250 Å². The fourth-order valence-corrected chi connectivity index (χ4v) is 5.56. The van der Waals surface area contributed by atoms with Crippen LogP contribution >= 0.6 is 11.6 Å². The molecule has 0 unspecified atom stereocenters. The maximum Gasteiger partial charge on any atom is 0.257 e. The number of piperazine rings is 1. The second kappa shape index (κ2) is 12.8. The molecule has 0 atom stereocenters. The molecule has 2 aliphatic heterocycles. The van der Waals surface area contributed by atoms with E-state index >= 15 is 0 Å². The highest BCUT2D eigenvalue weighted by molar-refractivity contribution is 6.33. The van der Waals surface area contributed by atoms with Crippen molar-refractivity contribution in [3.05, 3.63) is 52.7 Å². The van der Waals surface area contributed by atoms with Gasteiger partial charge in [0.05, 0.1) is 38.3 Å². The van der Waals surface area contributed by atoms with Crippen molar-refractivity contribution >= 4 is 40.4 Å². The normalized spacial score (nSPS) is 16.5. The number of aromatic nitrogens is 2. The lowest BCUT2D eigenvalue weighted by Gasteiger charge is -2.34. The summed E-state index contributed by atoms with van der Waals surface area (Å²) in [6.45, 7) is 5.78. The molecule has 42 heavy (non-hydrogen) atoms. The maximum absolute atomic E-state index is 13.6. The van der Waals surface area contributed by atoms with Gasteiger partial charge in [-0.2, -0.15) is 4.98 Å². The van der Waals surface area contributed by atoms with Crippen molar-refractivity contribution in [1.82, 2.24) is 19.8 Å². The molecule has 0 saturated carbocycles. The number of alkyl halides is 2. The number of hydrogen-bond donors (Lipinski definition) is 2. The molecule has 0 radical (unpaired) electrons. The predicted octanol–water partition coefficient (Wildman–Crippen LogP) is 5.44. The van der Waals surface area contributed by atoms with Gasteiger partial charge < -0.3 is 29.9 Å². The number of halogens is 3. The van der Waals surface area contributed by atoms with Gasteiger partial charge in [0, 0.05) is 57.9 Å². The molecule has 1 fully saturated rings. The Morgan fingerprint density at radius 3 is 2.24 bits per heavy atom. The number of nitrogens with zero attached hydrogens (tertiary/aromatic N) is 5. The molecule has 2 N–H and O–H groups in total. The molecule has 2 aliphatic rings. The van der Waals surface area contributed by atoms with Gasteiger partial charge in [0.15, 0.2) is 5.82 Å². The third-order valence-electron chi connectivity index (χ3n) is 7.71. The largest absolute Gasteiger partial charge is 0.495 e. The van der Waals surface area contributed by atoms with Crippen LogP contribution in [0, 0.1) is 0 Å². The Bertz CT molecular complexity index is 1400. The quantitative estimate of drug-likeness (QED) is 0.333. The van der Waals surface area contributed by atoms with Crippen LogP contribution in [0.2, 0.25) is 5.02 Å². The number of likely N-dealkylation sites (N-methyl/N-ethyl adjacent to an activating group) is 1. The number of ether oxygens (including phenoxy) is 2. The molecule has 0 aliphatic carbocycles. The van der Waals surface area contributed by atoms with Gasteiger partial charge >= 0.3 is 0 Å². The van der Waals surface area contributed by atoms with Crippen LogP contribution in [0.1, 0.15) is 18.1 Å². The van der Waals surface area contributed by atoms with E-state index in [1.54, 1.807) is 14.2 Å². The Kier molecular flexibility index (Phi) is 9.19. The van der Waals surface area contributed by atoms with E-state index in [1.165, 1.54) is 6.20 Å². The zero-order chi connectivity index (χ0) is 29.9. The zero-order valence-electron chi connectivity index (χ0n) is 24.5. The minimum atomic E-state index is -2.73. The van der Waals surface area contributed by atoms with Crippen molar-refractivity contribution in [3.8, 4) is 11.5 Å². The molecule has 3 aromatic rings. The lowest BCUT2D eigenvalue weighted by atomic mass is 10.0. The van der Waals surface area contributed by atoms with Gasteiger partial charge in [0.25, 0.3) is 5.92 Å². The summed E-state index contributed by atoms with van der Waals surface area (Å²) in [5.74, 6) is -0.677. The first-order chi connectivity index (χ1) is 20.1. The summed E-state index contributed by atoms with van der Waals surface area (Å²) in [5, 5.41) is 6.91. The topological polar surface area (TPSA) is 78.0 Å². The first-order valence-corrected chi connectivity index (χ1v) is 14.5. The monoisotopic (exact) mass is 601 g/mol. The van der Waals surface area contributed by atoms with Crippen molar-refractivity contribution < 1.29 is 18.3 Å². The van der Waals surface area contributed by atoms with Gasteiger partial charge in [-0.05, 0) is 55.3 Å². The Hall–Kier alpha value is -3.41. The first-order valence-electron chi connectivity index (χ1n) is 14.1. The lowest BCUT2D eigenvalue weighted by Crippen LogP contribution is -2.44. The highest BCUT2D eigenvalue weighted by Crippen LogP contribution is 2.36. The van der Waals surface area contributed by atoms with E-state index in [2.05, 4.69) is 43.5 Å². The van der Waals surface area contributed by atoms with E-state index in [0.717, 1.165) is 55.6 Å². The highest BCUT2D eigenvalue weighted by atomic mass is 35.5. The van der Waals surface area contributed by atoms with Gasteiger partial charge in [-0.15, -0.1) is 0 Å². The minimum absolute atomic E-state index is 0.249.